The highest BCUT2D eigenvalue weighted by Gasteiger charge is 2.36. The summed E-state index contributed by atoms with van der Waals surface area (Å²) in [7, 11) is 0. The summed E-state index contributed by atoms with van der Waals surface area (Å²) in [6.45, 7) is 6.72. The van der Waals surface area contributed by atoms with Crippen molar-refractivity contribution in [2.24, 2.45) is 5.92 Å². The third kappa shape index (κ3) is 3.45. The lowest BCUT2D eigenvalue weighted by molar-refractivity contribution is 0.0526. The smallest absolute Gasteiger partial charge is 0.338 e. The first-order valence-corrected chi connectivity index (χ1v) is 10.2. The third-order valence-electron chi connectivity index (χ3n) is 6.10. The topological polar surface area (TPSA) is 26.3 Å². The number of allylic oxidation sites excluding steroid dienone is 1. The van der Waals surface area contributed by atoms with E-state index in [4.69, 9.17) is 4.74 Å². The van der Waals surface area contributed by atoms with E-state index in [1.165, 1.54) is 30.4 Å². The average Bonchev–Trinajstić information content (AvgIpc) is 3.28. The van der Waals surface area contributed by atoms with E-state index in [0.717, 1.165) is 17.4 Å². The van der Waals surface area contributed by atoms with Crippen LogP contribution in [0, 0.1) is 5.92 Å². The molecule has 2 atom stereocenters. The van der Waals surface area contributed by atoms with Crippen molar-refractivity contribution in [3.8, 4) is 0 Å². The zero-order valence-electron chi connectivity index (χ0n) is 16.5. The highest BCUT2D eigenvalue weighted by Crippen LogP contribution is 2.53. The van der Waals surface area contributed by atoms with Gasteiger partial charge in [0.1, 0.15) is 0 Å². The van der Waals surface area contributed by atoms with E-state index < -0.39 is 0 Å². The molecule has 1 fully saturated rings. The molecule has 4 rings (SSSR count). The molecule has 1 saturated carbocycles. The minimum Gasteiger partial charge on any atom is -0.462 e. The number of ether oxygens (including phenoxy) is 1. The van der Waals surface area contributed by atoms with E-state index in [9.17, 15) is 4.79 Å². The first kappa shape index (κ1) is 18.0. The molecule has 2 aliphatic rings. The number of benzene rings is 2. The van der Waals surface area contributed by atoms with Crippen molar-refractivity contribution in [2.45, 2.75) is 51.9 Å². The van der Waals surface area contributed by atoms with Crippen molar-refractivity contribution in [2.75, 3.05) is 6.61 Å². The molecule has 2 heteroatoms. The van der Waals surface area contributed by atoms with Crippen LogP contribution in [0.4, 0.5) is 0 Å². The van der Waals surface area contributed by atoms with E-state index in [-0.39, 0.29) is 5.97 Å². The number of hydrogen-bond acceptors (Lipinski definition) is 2. The molecule has 2 bridgehead atoms. The number of esters is 1. The number of carbonyl (C=O) groups excluding carboxylic acids is 1. The van der Waals surface area contributed by atoms with E-state index in [2.05, 4.69) is 38.1 Å². The van der Waals surface area contributed by atoms with Crippen LogP contribution in [0.5, 0.6) is 0 Å². The second kappa shape index (κ2) is 7.34. The van der Waals surface area contributed by atoms with E-state index in [1.807, 2.05) is 31.2 Å². The Balaban J connectivity index is 1.63. The molecule has 2 aromatic rings. The van der Waals surface area contributed by atoms with Crippen molar-refractivity contribution in [1.82, 2.24) is 0 Å². The first-order valence-electron chi connectivity index (χ1n) is 10.2. The van der Waals surface area contributed by atoms with Gasteiger partial charge in [-0.05, 0) is 83.9 Å². The molecular weight excluding hydrogens is 332 g/mol. The van der Waals surface area contributed by atoms with Crippen LogP contribution in [0.1, 0.15) is 84.5 Å². The Morgan fingerprint density at radius 1 is 1.04 bits per heavy atom. The lowest BCUT2D eigenvalue weighted by Crippen LogP contribution is -2.04. The summed E-state index contributed by atoms with van der Waals surface area (Å²) in [5.74, 6) is 1.76. The van der Waals surface area contributed by atoms with Gasteiger partial charge in [-0.25, -0.2) is 4.79 Å². The molecule has 2 aromatic carbocycles. The van der Waals surface area contributed by atoms with Gasteiger partial charge >= 0.3 is 5.97 Å². The fourth-order valence-electron chi connectivity index (χ4n) is 4.72. The Labute approximate surface area is 162 Å². The molecule has 0 amide bonds. The monoisotopic (exact) mass is 360 g/mol. The van der Waals surface area contributed by atoms with Gasteiger partial charge in [-0.3, -0.25) is 0 Å². The Hall–Kier alpha value is -2.35. The van der Waals surface area contributed by atoms with Crippen LogP contribution in [-0.4, -0.2) is 12.6 Å². The maximum atomic E-state index is 11.8. The summed E-state index contributed by atoms with van der Waals surface area (Å²) < 4.78 is 5.07. The second-order valence-corrected chi connectivity index (χ2v) is 8.15. The zero-order valence-corrected chi connectivity index (χ0v) is 16.5. The normalized spacial score (nSPS) is 20.8. The van der Waals surface area contributed by atoms with Crippen LogP contribution in [0.2, 0.25) is 0 Å². The Kier molecular flexibility index (Phi) is 4.90. The quantitative estimate of drug-likeness (QED) is 0.454. The van der Waals surface area contributed by atoms with Gasteiger partial charge in [0.15, 0.2) is 0 Å². The fraction of sp³-hybridized carbons (Fsp3) is 0.400. The van der Waals surface area contributed by atoms with Gasteiger partial charge in [0, 0.05) is 0 Å². The van der Waals surface area contributed by atoms with E-state index in [0.29, 0.717) is 18.1 Å². The molecular formula is C25H28O2. The van der Waals surface area contributed by atoms with Crippen LogP contribution in [0.25, 0.3) is 11.6 Å². The standard InChI is InChI=1S/C25H28O2/c1-4-27-25(26)18-7-5-17(6-8-18)13-23(16(2)3)21-11-12-22-19-9-10-20(14-19)24(22)15-21/h5-8,11-13,15-16,19-20H,4,9-10,14H2,1-3H3/t19-,20+/m0/s1. The highest BCUT2D eigenvalue weighted by atomic mass is 16.5. The van der Waals surface area contributed by atoms with Crippen LogP contribution < -0.4 is 0 Å². The van der Waals surface area contributed by atoms with Gasteiger partial charge in [0.05, 0.1) is 12.2 Å². The van der Waals surface area contributed by atoms with Gasteiger partial charge in [-0.1, -0.05) is 50.3 Å². The zero-order chi connectivity index (χ0) is 19.0. The Morgan fingerprint density at radius 3 is 2.37 bits per heavy atom. The average molecular weight is 360 g/mol. The number of hydrogen-bond donors (Lipinski definition) is 0. The summed E-state index contributed by atoms with van der Waals surface area (Å²) in [4.78, 5) is 11.8. The predicted molar refractivity (Wildman–Crippen MR) is 111 cm³/mol. The fourth-order valence-corrected chi connectivity index (χ4v) is 4.72. The molecule has 0 N–H and O–H groups in total. The minimum atomic E-state index is -0.259. The van der Waals surface area contributed by atoms with Gasteiger partial charge in [0.25, 0.3) is 0 Å². The van der Waals surface area contributed by atoms with Crippen LogP contribution in [-0.2, 0) is 4.74 Å². The van der Waals surface area contributed by atoms with Crippen molar-refractivity contribution in [1.29, 1.82) is 0 Å². The van der Waals surface area contributed by atoms with Crippen molar-refractivity contribution in [3.05, 3.63) is 70.3 Å². The first-order chi connectivity index (χ1) is 13.1. The molecule has 2 aliphatic carbocycles. The lowest BCUT2D eigenvalue weighted by atomic mass is 9.86. The maximum Gasteiger partial charge on any atom is 0.338 e. The van der Waals surface area contributed by atoms with Crippen molar-refractivity contribution < 1.29 is 9.53 Å². The SMILES string of the molecule is CCOC(=O)c1ccc(C=C(c2ccc3c(c2)[C@@H]2CC[C@H]3C2)C(C)C)cc1. The van der Waals surface area contributed by atoms with Crippen molar-refractivity contribution in [3.63, 3.8) is 0 Å². The number of carbonyl (C=O) groups is 1. The van der Waals surface area contributed by atoms with Gasteiger partial charge in [-0.2, -0.15) is 0 Å². The van der Waals surface area contributed by atoms with E-state index in [1.54, 1.807) is 11.1 Å². The van der Waals surface area contributed by atoms with Gasteiger partial charge in [-0.15, -0.1) is 0 Å². The van der Waals surface area contributed by atoms with Crippen LogP contribution in [0.3, 0.4) is 0 Å². The summed E-state index contributed by atoms with van der Waals surface area (Å²) in [6, 6.07) is 14.8. The second-order valence-electron chi connectivity index (χ2n) is 8.15. The summed E-state index contributed by atoms with van der Waals surface area (Å²) in [5, 5.41) is 0. The summed E-state index contributed by atoms with van der Waals surface area (Å²) >= 11 is 0. The third-order valence-corrected chi connectivity index (χ3v) is 6.10. The largest absolute Gasteiger partial charge is 0.462 e. The molecule has 140 valence electrons. The Morgan fingerprint density at radius 2 is 1.70 bits per heavy atom. The molecule has 0 aromatic heterocycles. The van der Waals surface area contributed by atoms with Crippen molar-refractivity contribution >= 4 is 17.6 Å². The maximum absolute atomic E-state index is 11.8. The van der Waals surface area contributed by atoms with Crippen LogP contribution >= 0.6 is 0 Å². The molecule has 27 heavy (non-hydrogen) atoms. The number of rotatable bonds is 5. The molecule has 0 heterocycles. The van der Waals surface area contributed by atoms with Crippen LogP contribution in [0.15, 0.2) is 42.5 Å². The molecule has 2 nitrogen and oxygen atoms in total. The van der Waals surface area contributed by atoms with Gasteiger partial charge in [0.2, 0.25) is 0 Å². The van der Waals surface area contributed by atoms with Gasteiger partial charge < -0.3 is 4.74 Å². The molecule has 0 saturated heterocycles. The molecule has 0 unspecified atom stereocenters. The minimum absolute atomic E-state index is 0.259. The Bertz CT molecular complexity index is 874. The molecule has 0 aliphatic heterocycles. The molecule has 0 radical (unpaired) electrons. The van der Waals surface area contributed by atoms with E-state index >= 15 is 0 Å². The summed E-state index contributed by atoms with van der Waals surface area (Å²) in [6.07, 6.45) is 6.34. The molecule has 0 spiro atoms. The number of fused-ring (bicyclic) bond motifs is 5. The highest BCUT2D eigenvalue weighted by molar-refractivity contribution is 5.90. The lowest BCUT2D eigenvalue weighted by Gasteiger charge is -2.19. The predicted octanol–water partition coefficient (Wildman–Crippen LogP) is 6.42. The summed E-state index contributed by atoms with van der Waals surface area (Å²) in [5.41, 5.74) is 7.60.